The largest absolute Gasteiger partial charge is 0.296 e. The summed E-state index contributed by atoms with van der Waals surface area (Å²) in [7, 11) is 0. The molecule has 0 unspecified atom stereocenters. The van der Waals surface area contributed by atoms with Crippen molar-refractivity contribution in [3.05, 3.63) is 46.5 Å². The van der Waals surface area contributed by atoms with Crippen LogP contribution in [0.2, 0.25) is 10.0 Å². The molecule has 0 spiro atoms. The SMILES string of the molecule is O=Cc1ncncc1-c1cccc(Cl)c1Cl. The summed E-state index contributed by atoms with van der Waals surface area (Å²) in [5.74, 6) is 0. The van der Waals surface area contributed by atoms with Crippen molar-refractivity contribution in [1.29, 1.82) is 0 Å². The van der Waals surface area contributed by atoms with Crippen LogP contribution >= 0.6 is 23.2 Å². The third-order valence-corrected chi connectivity index (χ3v) is 2.92. The Labute approximate surface area is 102 Å². The van der Waals surface area contributed by atoms with Crippen LogP contribution in [0.25, 0.3) is 11.1 Å². The molecular formula is C11H6Cl2N2O. The van der Waals surface area contributed by atoms with Crippen LogP contribution in [-0.2, 0) is 0 Å². The highest BCUT2D eigenvalue weighted by Crippen LogP contribution is 2.33. The van der Waals surface area contributed by atoms with Gasteiger partial charge in [-0.3, -0.25) is 4.79 Å². The molecular weight excluding hydrogens is 247 g/mol. The van der Waals surface area contributed by atoms with Gasteiger partial charge in [0, 0.05) is 17.3 Å². The Morgan fingerprint density at radius 3 is 2.75 bits per heavy atom. The Morgan fingerprint density at radius 1 is 1.19 bits per heavy atom. The number of hydrogen-bond donors (Lipinski definition) is 0. The van der Waals surface area contributed by atoms with Gasteiger partial charge in [0.1, 0.15) is 12.0 Å². The summed E-state index contributed by atoms with van der Waals surface area (Å²) >= 11 is 12.0. The lowest BCUT2D eigenvalue weighted by Crippen LogP contribution is -1.93. The average molecular weight is 253 g/mol. The van der Waals surface area contributed by atoms with E-state index >= 15 is 0 Å². The topological polar surface area (TPSA) is 42.9 Å². The van der Waals surface area contributed by atoms with Crippen LogP contribution in [0.1, 0.15) is 10.5 Å². The number of benzene rings is 1. The normalized spacial score (nSPS) is 10.1. The van der Waals surface area contributed by atoms with Crippen molar-refractivity contribution in [3.63, 3.8) is 0 Å². The second-order valence-electron chi connectivity index (χ2n) is 3.04. The maximum atomic E-state index is 10.8. The highest BCUT2D eigenvalue weighted by molar-refractivity contribution is 6.43. The second-order valence-corrected chi connectivity index (χ2v) is 3.83. The van der Waals surface area contributed by atoms with Gasteiger partial charge in [-0.2, -0.15) is 0 Å². The predicted molar refractivity (Wildman–Crippen MR) is 62.9 cm³/mol. The standard InChI is InChI=1S/C11H6Cl2N2O/c12-9-3-1-2-7(11(9)13)8-4-14-6-15-10(8)5-16/h1-6H. The molecule has 0 aliphatic rings. The van der Waals surface area contributed by atoms with E-state index in [1.54, 1.807) is 18.2 Å². The summed E-state index contributed by atoms with van der Waals surface area (Å²) in [6.45, 7) is 0. The molecule has 5 heteroatoms. The Hall–Kier alpha value is -1.45. The zero-order valence-electron chi connectivity index (χ0n) is 8.02. The highest BCUT2D eigenvalue weighted by Gasteiger charge is 2.11. The first kappa shape index (κ1) is 11.0. The summed E-state index contributed by atoms with van der Waals surface area (Å²) in [4.78, 5) is 18.6. The fourth-order valence-electron chi connectivity index (χ4n) is 1.35. The third-order valence-electron chi connectivity index (χ3n) is 2.10. The number of rotatable bonds is 2. The first-order chi connectivity index (χ1) is 7.74. The zero-order chi connectivity index (χ0) is 11.5. The highest BCUT2D eigenvalue weighted by atomic mass is 35.5. The van der Waals surface area contributed by atoms with E-state index in [0.29, 0.717) is 33.2 Å². The first-order valence-electron chi connectivity index (χ1n) is 4.43. The predicted octanol–water partition coefficient (Wildman–Crippen LogP) is 3.26. The molecule has 0 N–H and O–H groups in total. The van der Waals surface area contributed by atoms with Crippen molar-refractivity contribution in [2.45, 2.75) is 0 Å². The summed E-state index contributed by atoms with van der Waals surface area (Å²) in [6, 6.07) is 5.20. The van der Waals surface area contributed by atoms with Crippen molar-refractivity contribution in [2.75, 3.05) is 0 Å². The van der Waals surface area contributed by atoms with Crippen molar-refractivity contribution in [2.24, 2.45) is 0 Å². The minimum absolute atomic E-state index is 0.291. The van der Waals surface area contributed by atoms with E-state index in [0.717, 1.165) is 0 Å². The minimum Gasteiger partial charge on any atom is -0.296 e. The van der Waals surface area contributed by atoms with Gasteiger partial charge in [0.2, 0.25) is 0 Å². The molecule has 1 aromatic carbocycles. The number of nitrogens with zero attached hydrogens (tertiary/aromatic N) is 2. The van der Waals surface area contributed by atoms with Crippen LogP contribution in [0.4, 0.5) is 0 Å². The van der Waals surface area contributed by atoms with Crippen LogP contribution in [0.3, 0.4) is 0 Å². The Kier molecular flexibility index (Phi) is 3.17. The van der Waals surface area contributed by atoms with Crippen molar-refractivity contribution in [1.82, 2.24) is 9.97 Å². The molecule has 1 heterocycles. The average Bonchev–Trinajstić information content (AvgIpc) is 2.33. The van der Waals surface area contributed by atoms with Crippen molar-refractivity contribution in [3.8, 4) is 11.1 Å². The van der Waals surface area contributed by atoms with E-state index in [9.17, 15) is 4.79 Å². The van der Waals surface area contributed by atoms with Crippen molar-refractivity contribution >= 4 is 29.5 Å². The number of aldehydes is 1. The van der Waals surface area contributed by atoms with Gasteiger partial charge in [0.15, 0.2) is 6.29 Å². The molecule has 0 aliphatic carbocycles. The van der Waals surface area contributed by atoms with Crippen LogP contribution < -0.4 is 0 Å². The van der Waals surface area contributed by atoms with Gasteiger partial charge in [0.05, 0.1) is 10.0 Å². The minimum atomic E-state index is 0.291. The molecule has 80 valence electrons. The molecule has 2 rings (SSSR count). The molecule has 1 aromatic heterocycles. The summed E-state index contributed by atoms with van der Waals surface area (Å²) in [5, 5.41) is 0.821. The monoisotopic (exact) mass is 252 g/mol. The summed E-state index contributed by atoms with van der Waals surface area (Å²) in [6.07, 6.45) is 3.51. The first-order valence-corrected chi connectivity index (χ1v) is 5.19. The fraction of sp³-hybridized carbons (Fsp3) is 0. The van der Waals surface area contributed by atoms with Gasteiger partial charge in [-0.25, -0.2) is 9.97 Å². The Morgan fingerprint density at radius 2 is 2.00 bits per heavy atom. The maximum absolute atomic E-state index is 10.8. The van der Waals surface area contributed by atoms with E-state index in [1.165, 1.54) is 12.5 Å². The van der Waals surface area contributed by atoms with Gasteiger partial charge in [-0.1, -0.05) is 35.3 Å². The van der Waals surface area contributed by atoms with Crippen LogP contribution in [0.15, 0.2) is 30.7 Å². The lowest BCUT2D eigenvalue weighted by molar-refractivity contribution is 0.111. The molecule has 0 amide bonds. The molecule has 0 bridgehead atoms. The number of hydrogen-bond acceptors (Lipinski definition) is 3. The number of carbonyl (C=O) groups excluding carboxylic acids is 1. The molecule has 0 atom stereocenters. The number of halogens is 2. The van der Waals surface area contributed by atoms with E-state index in [1.807, 2.05) is 0 Å². The lowest BCUT2D eigenvalue weighted by atomic mass is 10.1. The Bertz CT molecular complexity index is 543. The van der Waals surface area contributed by atoms with Gasteiger partial charge in [-0.05, 0) is 6.07 Å². The van der Waals surface area contributed by atoms with Crippen molar-refractivity contribution < 1.29 is 4.79 Å². The number of carbonyl (C=O) groups is 1. The smallest absolute Gasteiger partial charge is 0.169 e. The van der Waals surface area contributed by atoms with E-state index < -0.39 is 0 Å². The quantitative estimate of drug-likeness (QED) is 0.771. The molecule has 0 saturated heterocycles. The molecule has 0 saturated carbocycles. The summed E-state index contributed by atoms with van der Waals surface area (Å²) < 4.78 is 0. The van der Waals surface area contributed by atoms with Gasteiger partial charge in [-0.15, -0.1) is 0 Å². The van der Waals surface area contributed by atoms with Gasteiger partial charge >= 0.3 is 0 Å². The molecule has 0 fully saturated rings. The second kappa shape index (κ2) is 4.60. The Balaban J connectivity index is 2.67. The number of aromatic nitrogens is 2. The van der Waals surface area contributed by atoms with E-state index in [4.69, 9.17) is 23.2 Å². The molecule has 0 radical (unpaired) electrons. The van der Waals surface area contributed by atoms with Crippen LogP contribution in [0, 0.1) is 0 Å². The lowest BCUT2D eigenvalue weighted by Gasteiger charge is -2.06. The van der Waals surface area contributed by atoms with Crippen LogP contribution in [0.5, 0.6) is 0 Å². The molecule has 3 nitrogen and oxygen atoms in total. The third kappa shape index (κ3) is 1.92. The van der Waals surface area contributed by atoms with E-state index in [-0.39, 0.29) is 0 Å². The van der Waals surface area contributed by atoms with Gasteiger partial charge < -0.3 is 0 Å². The molecule has 0 aliphatic heterocycles. The van der Waals surface area contributed by atoms with Gasteiger partial charge in [0.25, 0.3) is 0 Å². The fourth-order valence-corrected chi connectivity index (χ4v) is 1.75. The zero-order valence-corrected chi connectivity index (χ0v) is 9.53. The molecule has 16 heavy (non-hydrogen) atoms. The van der Waals surface area contributed by atoms with E-state index in [2.05, 4.69) is 9.97 Å². The van der Waals surface area contributed by atoms with Crippen LogP contribution in [-0.4, -0.2) is 16.3 Å². The maximum Gasteiger partial charge on any atom is 0.169 e. The molecule has 2 aromatic rings. The summed E-state index contributed by atoms with van der Waals surface area (Å²) in [5.41, 5.74) is 1.51.